The van der Waals surface area contributed by atoms with Gasteiger partial charge >= 0.3 is 0 Å². The largest absolute Gasteiger partial charge is 0.434 e. The molecule has 2 heterocycles. The molecule has 2 aromatic rings. The van der Waals surface area contributed by atoms with E-state index >= 15 is 0 Å². The first kappa shape index (κ1) is 13.5. The topological polar surface area (TPSA) is 70.9 Å². The van der Waals surface area contributed by atoms with Crippen LogP contribution in [0.2, 0.25) is 0 Å². The van der Waals surface area contributed by atoms with E-state index in [0.29, 0.717) is 17.3 Å². The maximum absolute atomic E-state index is 6.08. The zero-order valence-electron chi connectivity index (χ0n) is 11.9. The summed E-state index contributed by atoms with van der Waals surface area (Å²) in [5.41, 5.74) is 7.54. The van der Waals surface area contributed by atoms with E-state index in [0.717, 1.165) is 18.7 Å². The third kappa shape index (κ3) is 2.72. The molecule has 0 aliphatic carbocycles. The predicted octanol–water partition coefficient (Wildman–Crippen LogP) is 2.52. The zero-order valence-corrected chi connectivity index (χ0v) is 11.9. The molecule has 0 amide bonds. The number of aryl methyl sites for hydroxylation is 2. The minimum absolute atomic E-state index is 0.270. The van der Waals surface area contributed by atoms with Crippen molar-refractivity contribution in [3.63, 3.8) is 0 Å². The van der Waals surface area contributed by atoms with Gasteiger partial charge in [0, 0.05) is 13.6 Å². The number of aromatic nitrogens is 4. The molecule has 0 aliphatic rings. The fraction of sp³-hybridized carbons (Fsp3) is 0.538. The molecule has 19 heavy (non-hydrogen) atoms. The Bertz CT molecular complexity index is 555. The average molecular weight is 263 g/mol. The number of hydrogen-bond donors (Lipinski definition) is 1. The smallest absolute Gasteiger partial charge is 0.241 e. The summed E-state index contributed by atoms with van der Waals surface area (Å²) in [4.78, 5) is 0. The molecule has 104 valence electrons. The third-order valence-electron chi connectivity index (χ3n) is 2.88. The number of nitrogens with zero attached hydrogens (tertiary/aromatic N) is 4. The van der Waals surface area contributed by atoms with Crippen LogP contribution in [0.25, 0.3) is 0 Å². The van der Waals surface area contributed by atoms with Crippen molar-refractivity contribution >= 4 is 5.69 Å². The Morgan fingerprint density at radius 1 is 1.42 bits per heavy atom. The summed E-state index contributed by atoms with van der Waals surface area (Å²) in [5, 5.41) is 8.61. The number of anilines is 1. The molecule has 0 spiro atoms. The Hall–Kier alpha value is -1.98. The first-order chi connectivity index (χ1) is 9.02. The number of hydrogen-bond acceptors (Lipinski definition) is 4. The van der Waals surface area contributed by atoms with Gasteiger partial charge in [0.15, 0.2) is 5.75 Å². The summed E-state index contributed by atoms with van der Waals surface area (Å²) in [6.07, 6.45) is 4.59. The maximum Gasteiger partial charge on any atom is 0.241 e. The van der Waals surface area contributed by atoms with Gasteiger partial charge in [0.1, 0.15) is 5.69 Å². The number of rotatable bonds is 5. The molecule has 0 bridgehead atoms. The minimum Gasteiger partial charge on any atom is -0.434 e. The highest BCUT2D eigenvalue weighted by Gasteiger charge is 2.18. The molecule has 0 fully saturated rings. The van der Waals surface area contributed by atoms with Gasteiger partial charge in [0.2, 0.25) is 5.88 Å². The first-order valence-corrected chi connectivity index (χ1v) is 6.55. The van der Waals surface area contributed by atoms with Gasteiger partial charge in [-0.15, -0.1) is 0 Å². The number of ether oxygens (including phenoxy) is 1. The highest BCUT2D eigenvalue weighted by Crippen LogP contribution is 2.32. The Kier molecular flexibility index (Phi) is 3.78. The van der Waals surface area contributed by atoms with Crippen molar-refractivity contribution in [2.75, 3.05) is 5.73 Å². The molecule has 2 N–H and O–H groups in total. The van der Waals surface area contributed by atoms with Gasteiger partial charge in [0.25, 0.3) is 0 Å². The SMILES string of the molecule is CCCn1cc(Oc2c(N)c(C(C)C)nn2C)cn1. The Morgan fingerprint density at radius 3 is 2.74 bits per heavy atom. The lowest BCUT2D eigenvalue weighted by molar-refractivity contribution is 0.431. The van der Waals surface area contributed by atoms with Crippen LogP contribution in [-0.4, -0.2) is 19.6 Å². The molecular weight excluding hydrogens is 242 g/mol. The summed E-state index contributed by atoms with van der Waals surface area (Å²) in [7, 11) is 1.83. The maximum atomic E-state index is 6.08. The molecule has 6 heteroatoms. The summed E-state index contributed by atoms with van der Waals surface area (Å²) in [6, 6.07) is 0. The van der Waals surface area contributed by atoms with E-state index in [-0.39, 0.29) is 5.92 Å². The van der Waals surface area contributed by atoms with Crippen molar-refractivity contribution in [1.82, 2.24) is 19.6 Å². The van der Waals surface area contributed by atoms with Crippen LogP contribution in [-0.2, 0) is 13.6 Å². The lowest BCUT2D eigenvalue weighted by atomic mass is 10.1. The van der Waals surface area contributed by atoms with Crippen LogP contribution in [0.1, 0.15) is 38.8 Å². The summed E-state index contributed by atoms with van der Waals surface area (Å²) in [5.74, 6) is 1.52. The Labute approximate surface area is 113 Å². The molecular formula is C13H21N5O. The summed E-state index contributed by atoms with van der Waals surface area (Å²) < 4.78 is 9.31. The van der Waals surface area contributed by atoms with Crippen molar-refractivity contribution in [1.29, 1.82) is 0 Å². The normalized spacial score (nSPS) is 11.2. The van der Waals surface area contributed by atoms with Crippen LogP contribution in [0, 0.1) is 0 Å². The second-order valence-corrected chi connectivity index (χ2v) is 4.92. The van der Waals surface area contributed by atoms with Crippen molar-refractivity contribution in [3.8, 4) is 11.6 Å². The predicted molar refractivity (Wildman–Crippen MR) is 74.3 cm³/mol. The van der Waals surface area contributed by atoms with E-state index in [9.17, 15) is 0 Å². The van der Waals surface area contributed by atoms with Crippen molar-refractivity contribution in [3.05, 3.63) is 18.1 Å². The van der Waals surface area contributed by atoms with Crippen molar-refractivity contribution < 1.29 is 4.74 Å². The third-order valence-corrected chi connectivity index (χ3v) is 2.88. The van der Waals surface area contributed by atoms with E-state index in [2.05, 4.69) is 31.0 Å². The molecule has 6 nitrogen and oxygen atoms in total. The molecule has 0 saturated carbocycles. The van der Waals surface area contributed by atoms with Gasteiger partial charge in [0.05, 0.1) is 18.1 Å². The lowest BCUT2D eigenvalue weighted by Crippen LogP contribution is -1.97. The molecule has 0 unspecified atom stereocenters. The summed E-state index contributed by atoms with van der Waals surface area (Å²) >= 11 is 0. The van der Waals surface area contributed by atoms with Gasteiger partial charge in [-0.3, -0.25) is 4.68 Å². The molecule has 0 atom stereocenters. The monoisotopic (exact) mass is 263 g/mol. The van der Waals surface area contributed by atoms with Crippen LogP contribution < -0.4 is 10.5 Å². The summed E-state index contributed by atoms with van der Waals surface area (Å²) in [6.45, 7) is 7.10. The first-order valence-electron chi connectivity index (χ1n) is 6.55. The van der Waals surface area contributed by atoms with Gasteiger partial charge < -0.3 is 10.5 Å². The Balaban J connectivity index is 2.22. The van der Waals surface area contributed by atoms with Crippen LogP contribution >= 0.6 is 0 Å². The van der Waals surface area contributed by atoms with Crippen LogP contribution in [0.3, 0.4) is 0 Å². The molecule has 0 aliphatic heterocycles. The van der Waals surface area contributed by atoms with Gasteiger partial charge in [-0.1, -0.05) is 20.8 Å². The van der Waals surface area contributed by atoms with Crippen LogP contribution in [0.4, 0.5) is 5.69 Å². The number of nitrogen functional groups attached to an aromatic ring is 1. The van der Waals surface area contributed by atoms with Crippen molar-refractivity contribution in [2.45, 2.75) is 39.7 Å². The number of nitrogens with two attached hydrogens (primary N) is 1. The van der Waals surface area contributed by atoms with Gasteiger partial charge in [-0.05, 0) is 12.3 Å². The molecule has 2 aromatic heterocycles. The van der Waals surface area contributed by atoms with E-state index in [1.54, 1.807) is 10.9 Å². The van der Waals surface area contributed by atoms with E-state index in [1.807, 2.05) is 17.9 Å². The second kappa shape index (κ2) is 5.34. The lowest BCUT2D eigenvalue weighted by Gasteiger charge is -2.04. The van der Waals surface area contributed by atoms with E-state index in [4.69, 9.17) is 10.5 Å². The van der Waals surface area contributed by atoms with Gasteiger partial charge in [-0.2, -0.15) is 10.2 Å². The molecule has 0 radical (unpaired) electrons. The van der Waals surface area contributed by atoms with Crippen LogP contribution in [0.5, 0.6) is 11.6 Å². The van der Waals surface area contributed by atoms with E-state index < -0.39 is 0 Å². The molecule has 0 aromatic carbocycles. The fourth-order valence-corrected chi connectivity index (χ4v) is 1.95. The fourth-order valence-electron chi connectivity index (χ4n) is 1.95. The highest BCUT2D eigenvalue weighted by atomic mass is 16.5. The quantitative estimate of drug-likeness (QED) is 0.899. The standard InChI is InChI=1S/C13H21N5O/c1-5-6-18-8-10(7-15-18)19-13-11(14)12(9(2)3)16-17(13)4/h7-9H,5-6,14H2,1-4H3. The molecule has 0 saturated heterocycles. The van der Waals surface area contributed by atoms with Crippen LogP contribution in [0.15, 0.2) is 12.4 Å². The highest BCUT2D eigenvalue weighted by molar-refractivity contribution is 5.55. The zero-order chi connectivity index (χ0) is 14.0. The molecule has 2 rings (SSSR count). The van der Waals surface area contributed by atoms with Gasteiger partial charge in [-0.25, -0.2) is 4.68 Å². The van der Waals surface area contributed by atoms with Crippen molar-refractivity contribution in [2.24, 2.45) is 7.05 Å². The minimum atomic E-state index is 0.270. The van der Waals surface area contributed by atoms with E-state index in [1.165, 1.54) is 0 Å². The second-order valence-electron chi connectivity index (χ2n) is 4.92. The Morgan fingerprint density at radius 2 is 2.16 bits per heavy atom. The average Bonchev–Trinajstić information content (AvgIpc) is 2.89.